The molecule has 1 atom stereocenters. The quantitative estimate of drug-likeness (QED) is 0.153. The standard InChI is InChI=1S/C17H22.C15H16O2.C6H14O2/c1-5-10-14(3)16(11-6-2)17-13-9-7-8-12-15(17)4;1-10-3-6-12(7-4-10)15(17)13-9-11(2)5-8-14(13)16;1-6(2,3)5-8-7-4/h5-11,13H,12H2,1-4H3;3-7,9,14,16H,8H2,1-2H3;5H2,1-4H3/b10-5-,11-6-,16-14+;;. The Morgan fingerprint density at radius 2 is 1.67 bits per heavy atom. The van der Waals surface area contributed by atoms with Gasteiger partial charge in [0, 0.05) is 11.1 Å². The van der Waals surface area contributed by atoms with Crippen molar-refractivity contribution in [1.29, 1.82) is 0 Å². The Balaban J connectivity index is 0.000000337. The number of allylic oxidation sites excluding steroid dienone is 14. The molecule has 4 heteroatoms. The Kier molecular flexibility index (Phi) is 16.6. The highest BCUT2D eigenvalue weighted by atomic mass is 17.2. The van der Waals surface area contributed by atoms with Gasteiger partial charge in [0.15, 0.2) is 5.78 Å². The van der Waals surface area contributed by atoms with E-state index in [9.17, 15) is 9.90 Å². The number of aliphatic hydroxyl groups is 1. The van der Waals surface area contributed by atoms with E-state index in [0.29, 0.717) is 24.2 Å². The number of ketones is 1. The zero-order chi connectivity index (χ0) is 31.7. The second-order valence-corrected chi connectivity index (χ2v) is 11.8. The van der Waals surface area contributed by atoms with Gasteiger partial charge < -0.3 is 5.11 Å². The number of hydrogen-bond donors (Lipinski definition) is 1. The highest BCUT2D eigenvalue weighted by Crippen LogP contribution is 2.26. The van der Waals surface area contributed by atoms with E-state index in [1.807, 2.05) is 32.1 Å². The predicted molar refractivity (Wildman–Crippen MR) is 178 cm³/mol. The third-order valence-corrected chi connectivity index (χ3v) is 6.45. The van der Waals surface area contributed by atoms with Crippen LogP contribution in [0.4, 0.5) is 0 Å². The minimum Gasteiger partial charge on any atom is -0.388 e. The number of rotatable bonds is 7. The molecule has 1 aromatic carbocycles. The van der Waals surface area contributed by atoms with Crippen molar-refractivity contribution in [3.05, 3.63) is 130 Å². The molecule has 0 spiro atoms. The lowest BCUT2D eigenvalue weighted by Crippen LogP contribution is -2.20. The lowest BCUT2D eigenvalue weighted by Gasteiger charge is -2.17. The number of aryl methyl sites for hydroxylation is 1. The van der Waals surface area contributed by atoms with Crippen molar-refractivity contribution in [1.82, 2.24) is 0 Å². The summed E-state index contributed by atoms with van der Waals surface area (Å²) in [4.78, 5) is 21.3. The van der Waals surface area contributed by atoms with Crippen LogP contribution in [0.3, 0.4) is 0 Å². The van der Waals surface area contributed by atoms with Gasteiger partial charge in [0.25, 0.3) is 0 Å². The van der Waals surface area contributed by atoms with Gasteiger partial charge in [0.2, 0.25) is 0 Å². The van der Waals surface area contributed by atoms with Gasteiger partial charge in [0.05, 0.1) is 19.8 Å². The van der Waals surface area contributed by atoms with Crippen molar-refractivity contribution in [2.75, 3.05) is 13.7 Å². The first-order valence-corrected chi connectivity index (χ1v) is 14.7. The monoisotopic (exact) mass is 572 g/mol. The molecular formula is C38H52O4. The summed E-state index contributed by atoms with van der Waals surface area (Å²) in [6.07, 6.45) is 21.8. The van der Waals surface area contributed by atoms with E-state index in [4.69, 9.17) is 4.89 Å². The van der Waals surface area contributed by atoms with E-state index in [0.717, 1.165) is 17.6 Å². The van der Waals surface area contributed by atoms with Crippen LogP contribution in [0.2, 0.25) is 0 Å². The normalized spacial score (nSPS) is 17.5. The van der Waals surface area contributed by atoms with Crippen LogP contribution in [0, 0.1) is 12.3 Å². The molecule has 3 rings (SSSR count). The van der Waals surface area contributed by atoms with E-state index in [-0.39, 0.29) is 11.2 Å². The molecule has 0 radical (unpaired) electrons. The number of aliphatic hydroxyl groups excluding tert-OH is 1. The Morgan fingerprint density at radius 3 is 2.21 bits per heavy atom. The first kappa shape index (κ1) is 36.7. The molecule has 2 aliphatic carbocycles. The lowest BCUT2D eigenvalue weighted by molar-refractivity contribution is -0.285. The minimum absolute atomic E-state index is 0.0787. The third kappa shape index (κ3) is 13.6. The molecule has 0 bridgehead atoms. The highest BCUT2D eigenvalue weighted by molar-refractivity contribution is 6.09. The average molecular weight is 573 g/mol. The molecule has 4 nitrogen and oxygen atoms in total. The molecule has 2 aliphatic rings. The van der Waals surface area contributed by atoms with Gasteiger partial charge in [-0.3, -0.25) is 4.79 Å². The van der Waals surface area contributed by atoms with Crippen LogP contribution in [0.25, 0.3) is 0 Å². The second-order valence-electron chi connectivity index (χ2n) is 11.8. The van der Waals surface area contributed by atoms with Crippen molar-refractivity contribution in [3.63, 3.8) is 0 Å². The summed E-state index contributed by atoms with van der Waals surface area (Å²) < 4.78 is 0. The zero-order valence-electron chi connectivity index (χ0n) is 27.5. The number of carbonyl (C=O) groups is 1. The largest absolute Gasteiger partial charge is 0.388 e. The van der Waals surface area contributed by atoms with E-state index in [1.165, 1.54) is 29.4 Å². The van der Waals surface area contributed by atoms with Gasteiger partial charge in [-0.05, 0) is 82.6 Å². The molecule has 1 unspecified atom stereocenters. The average Bonchev–Trinajstić information content (AvgIpc) is 3.16. The number of benzene rings is 1. The van der Waals surface area contributed by atoms with Crippen LogP contribution >= 0.6 is 0 Å². The van der Waals surface area contributed by atoms with Gasteiger partial charge >= 0.3 is 0 Å². The zero-order valence-corrected chi connectivity index (χ0v) is 27.5. The molecule has 0 fully saturated rings. The summed E-state index contributed by atoms with van der Waals surface area (Å²) in [5.41, 5.74) is 8.90. The molecule has 0 heterocycles. The molecule has 0 saturated heterocycles. The number of hydrogen-bond acceptors (Lipinski definition) is 4. The Hall–Kier alpha value is -3.31. The molecule has 1 aromatic rings. The Bertz CT molecular complexity index is 1250. The molecular weight excluding hydrogens is 520 g/mol. The van der Waals surface area contributed by atoms with Crippen molar-refractivity contribution in [3.8, 4) is 0 Å². The predicted octanol–water partition coefficient (Wildman–Crippen LogP) is 9.71. The third-order valence-electron chi connectivity index (χ3n) is 6.45. The molecule has 0 aromatic heterocycles. The Labute approximate surface area is 255 Å². The molecule has 1 N–H and O–H groups in total. The summed E-state index contributed by atoms with van der Waals surface area (Å²) >= 11 is 0. The van der Waals surface area contributed by atoms with Crippen molar-refractivity contribution < 1.29 is 19.7 Å². The van der Waals surface area contributed by atoms with Crippen molar-refractivity contribution in [2.45, 2.75) is 81.3 Å². The molecule has 0 aliphatic heterocycles. The first-order chi connectivity index (χ1) is 19.8. The number of carbonyl (C=O) groups excluding carboxylic acids is 1. The number of Topliss-reactive ketones (excluding diaryl/α,β-unsaturated/α-hetero) is 1. The van der Waals surface area contributed by atoms with Gasteiger partial charge in [-0.25, -0.2) is 9.78 Å². The van der Waals surface area contributed by atoms with E-state index in [2.05, 4.69) is 102 Å². The van der Waals surface area contributed by atoms with Crippen LogP contribution in [0.1, 0.15) is 84.2 Å². The van der Waals surface area contributed by atoms with Crippen LogP contribution in [-0.4, -0.2) is 30.7 Å². The Morgan fingerprint density at radius 1 is 1.02 bits per heavy atom. The van der Waals surface area contributed by atoms with Gasteiger partial charge in [-0.1, -0.05) is 116 Å². The molecule has 0 saturated carbocycles. The van der Waals surface area contributed by atoms with Crippen molar-refractivity contribution in [2.24, 2.45) is 5.41 Å². The fourth-order valence-electron chi connectivity index (χ4n) is 4.14. The van der Waals surface area contributed by atoms with E-state index >= 15 is 0 Å². The summed E-state index contributed by atoms with van der Waals surface area (Å²) in [6, 6.07) is 7.43. The van der Waals surface area contributed by atoms with Crippen LogP contribution in [0.15, 0.2) is 118 Å². The highest BCUT2D eigenvalue weighted by Gasteiger charge is 2.21. The smallest absolute Gasteiger partial charge is 0.191 e. The van der Waals surface area contributed by atoms with Gasteiger partial charge in [-0.2, -0.15) is 0 Å². The van der Waals surface area contributed by atoms with E-state index in [1.54, 1.807) is 18.2 Å². The minimum atomic E-state index is -0.674. The van der Waals surface area contributed by atoms with Gasteiger partial charge in [-0.15, -0.1) is 0 Å². The maximum Gasteiger partial charge on any atom is 0.191 e. The van der Waals surface area contributed by atoms with Crippen LogP contribution in [-0.2, 0) is 9.78 Å². The topological polar surface area (TPSA) is 55.8 Å². The first-order valence-electron chi connectivity index (χ1n) is 14.7. The van der Waals surface area contributed by atoms with Crippen LogP contribution < -0.4 is 0 Å². The summed E-state index contributed by atoms with van der Waals surface area (Å²) in [5, 5.41) is 9.84. The summed E-state index contributed by atoms with van der Waals surface area (Å²) in [6.45, 7) is 19.3. The fourth-order valence-corrected chi connectivity index (χ4v) is 4.14. The molecule has 0 amide bonds. The van der Waals surface area contributed by atoms with Crippen LogP contribution in [0.5, 0.6) is 0 Å². The second kappa shape index (κ2) is 19.0. The molecule has 42 heavy (non-hydrogen) atoms. The van der Waals surface area contributed by atoms with E-state index < -0.39 is 6.10 Å². The lowest BCUT2D eigenvalue weighted by atomic mass is 9.91. The van der Waals surface area contributed by atoms with Gasteiger partial charge in [0.1, 0.15) is 0 Å². The SMILES string of the molecule is CC1=CCC(O)C(C(=O)c2ccc(C)cc2)=C1.COOCC(C)(C)C.C\C=C/C(C)=C(\C=C/C)C1=C(C)CC=CC=C1. The summed E-state index contributed by atoms with van der Waals surface area (Å²) in [7, 11) is 1.52. The van der Waals surface area contributed by atoms with Crippen molar-refractivity contribution >= 4 is 5.78 Å². The summed E-state index contributed by atoms with van der Waals surface area (Å²) in [5.74, 6) is -0.0787. The molecule has 228 valence electrons. The maximum absolute atomic E-state index is 12.2. The fraction of sp³-hybridized carbons (Fsp3) is 0.395. The maximum atomic E-state index is 12.2.